The number of carbonyl (C=O) groups excluding carboxylic acids is 1. The molecule has 1 saturated heterocycles. The molecule has 1 aliphatic rings. The minimum absolute atomic E-state index is 0.0353. The Balaban J connectivity index is 2.22. The highest BCUT2D eigenvalue weighted by Gasteiger charge is 2.35. The van der Waals surface area contributed by atoms with Crippen LogP contribution in [0.1, 0.15) is 12.2 Å². The number of nitrogens with zero attached hydrogens (tertiary/aromatic N) is 2. The van der Waals surface area contributed by atoms with Gasteiger partial charge in [-0.05, 0) is 0 Å². The molecule has 0 spiro atoms. The molecular weight excluding hydrogens is 263 g/mol. The second-order valence-electron chi connectivity index (χ2n) is 4.06. The van der Waals surface area contributed by atoms with Crippen LogP contribution in [0.25, 0.3) is 0 Å². The molecule has 1 unspecified atom stereocenters. The number of amides is 1. The Bertz CT molecular complexity index is 491. The molecule has 9 heteroatoms. The topological polar surface area (TPSA) is 78.9 Å². The summed E-state index contributed by atoms with van der Waals surface area (Å²) in [5, 5.41) is 7.90. The SMILES string of the molecule is CNc1cc(NC2CNC(=O)C2)nc(C(F)(F)F)n1. The minimum Gasteiger partial charge on any atom is -0.373 e. The maximum atomic E-state index is 12.6. The van der Waals surface area contributed by atoms with Crippen LogP contribution in [0.2, 0.25) is 0 Å². The van der Waals surface area contributed by atoms with Crippen molar-refractivity contribution in [3.05, 3.63) is 11.9 Å². The zero-order chi connectivity index (χ0) is 14.0. The molecule has 1 atom stereocenters. The lowest BCUT2D eigenvalue weighted by molar-refractivity contribution is -0.144. The van der Waals surface area contributed by atoms with E-state index in [1.807, 2.05) is 0 Å². The standard InChI is InChI=1S/C10H12F3N5O/c1-14-6-3-7(16-5-2-8(19)15-4-5)18-9(17-6)10(11,12)13/h3,5H,2,4H2,1H3,(H,15,19)(H2,14,16,17,18). The third kappa shape index (κ3) is 3.24. The predicted molar refractivity (Wildman–Crippen MR) is 61.6 cm³/mol. The molecule has 0 saturated carbocycles. The van der Waals surface area contributed by atoms with Gasteiger partial charge in [-0.15, -0.1) is 0 Å². The molecule has 0 aromatic carbocycles. The Morgan fingerprint density at radius 1 is 1.37 bits per heavy atom. The number of rotatable bonds is 3. The third-order valence-corrected chi connectivity index (χ3v) is 2.57. The van der Waals surface area contributed by atoms with Crippen LogP contribution < -0.4 is 16.0 Å². The van der Waals surface area contributed by atoms with Gasteiger partial charge in [-0.2, -0.15) is 13.2 Å². The number of nitrogens with one attached hydrogen (secondary N) is 3. The number of anilines is 2. The Hall–Kier alpha value is -2.06. The van der Waals surface area contributed by atoms with Crippen molar-refractivity contribution in [3.63, 3.8) is 0 Å². The summed E-state index contributed by atoms with van der Waals surface area (Å²) in [6.07, 6.45) is -4.41. The molecule has 104 valence electrons. The Morgan fingerprint density at radius 3 is 2.58 bits per heavy atom. The molecule has 0 radical (unpaired) electrons. The van der Waals surface area contributed by atoms with Crippen molar-refractivity contribution >= 4 is 17.5 Å². The third-order valence-electron chi connectivity index (χ3n) is 2.57. The fraction of sp³-hybridized carbons (Fsp3) is 0.500. The number of halogens is 3. The van der Waals surface area contributed by atoms with E-state index in [1.165, 1.54) is 13.1 Å². The fourth-order valence-corrected chi connectivity index (χ4v) is 1.69. The second kappa shape index (κ2) is 4.90. The predicted octanol–water partition coefficient (Wildman–Crippen LogP) is 0.838. The molecule has 19 heavy (non-hydrogen) atoms. The smallest absolute Gasteiger partial charge is 0.373 e. The molecule has 1 amide bonds. The van der Waals surface area contributed by atoms with E-state index < -0.39 is 12.0 Å². The molecule has 1 fully saturated rings. The van der Waals surface area contributed by atoms with Crippen molar-refractivity contribution in [2.45, 2.75) is 18.6 Å². The molecule has 1 aliphatic heterocycles. The highest BCUT2D eigenvalue weighted by Crippen LogP contribution is 2.28. The highest BCUT2D eigenvalue weighted by molar-refractivity contribution is 5.79. The molecule has 2 heterocycles. The van der Waals surface area contributed by atoms with E-state index in [1.54, 1.807) is 0 Å². The number of alkyl halides is 3. The lowest BCUT2D eigenvalue weighted by atomic mass is 10.2. The van der Waals surface area contributed by atoms with Gasteiger partial charge < -0.3 is 16.0 Å². The van der Waals surface area contributed by atoms with Crippen LogP contribution in [0.15, 0.2) is 6.07 Å². The first kappa shape index (κ1) is 13.4. The van der Waals surface area contributed by atoms with Crippen molar-refractivity contribution in [2.24, 2.45) is 0 Å². The van der Waals surface area contributed by atoms with Crippen molar-refractivity contribution in [1.29, 1.82) is 0 Å². The summed E-state index contributed by atoms with van der Waals surface area (Å²) >= 11 is 0. The van der Waals surface area contributed by atoms with Gasteiger partial charge in [0.25, 0.3) is 0 Å². The Kier molecular flexibility index (Phi) is 3.45. The molecule has 2 rings (SSSR count). The number of hydrogen-bond donors (Lipinski definition) is 3. The molecule has 1 aromatic rings. The van der Waals surface area contributed by atoms with Gasteiger partial charge in [0.2, 0.25) is 11.7 Å². The van der Waals surface area contributed by atoms with Crippen molar-refractivity contribution in [2.75, 3.05) is 24.2 Å². The van der Waals surface area contributed by atoms with E-state index in [0.29, 0.717) is 6.54 Å². The maximum Gasteiger partial charge on any atom is 0.451 e. The quantitative estimate of drug-likeness (QED) is 0.761. The van der Waals surface area contributed by atoms with Crippen LogP contribution in [0.5, 0.6) is 0 Å². The summed E-state index contributed by atoms with van der Waals surface area (Å²) in [6, 6.07) is 1.09. The van der Waals surface area contributed by atoms with Crippen molar-refractivity contribution in [1.82, 2.24) is 15.3 Å². The summed E-state index contributed by atoms with van der Waals surface area (Å²) in [7, 11) is 1.47. The van der Waals surface area contributed by atoms with Gasteiger partial charge in [0.15, 0.2) is 0 Å². The van der Waals surface area contributed by atoms with Gasteiger partial charge in [0.1, 0.15) is 11.6 Å². The van der Waals surface area contributed by atoms with Gasteiger partial charge in [-0.25, -0.2) is 9.97 Å². The lowest BCUT2D eigenvalue weighted by Gasteiger charge is -2.14. The number of hydrogen-bond acceptors (Lipinski definition) is 5. The minimum atomic E-state index is -4.62. The van der Waals surface area contributed by atoms with Crippen LogP contribution in [-0.4, -0.2) is 35.5 Å². The zero-order valence-corrected chi connectivity index (χ0v) is 10.0. The van der Waals surface area contributed by atoms with Crippen LogP contribution in [0, 0.1) is 0 Å². The van der Waals surface area contributed by atoms with Gasteiger partial charge >= 0.3 is 6.18 Å². The average molecular weight is 275 g/mol. The van der Waals surface area contributed by atoms with E-state index in [4.69, 9.17) is 0 Å². The van der Waals surface area contributed by atoms with Gasteiger partial charge in [0.05, 0.1) is 6.04 Å². The first-order chi connectivity index (χ1) is 8.88. The monoisotopic (exact) mass is 275 g/mol. The summed E-state index contributed by atoms with van der Waals surface area (Å²) < 4.78 is 37.8. The molecule has 0 aliphatic carbocycles. The van der Waals surface area contributed by atoms with Crippen LogP contribution in [0.4, 0.5) is 24.8 Å². The van der Waals surface area contributed by atoms with Gasteiger partial charge in [0, 0.05) is 26.1 Å². The molecule has 0 bridgehead atoms. The van der Waals surface area contributed by atoms with Gasteiger partial charge in [-0.1, -0.05) is 0 Å². The van der Waals surface area contributed by atoms with Gasteiger partial charge in [-0.3, -0.25) is 4.79 Å². The summed E-state index contributed by atoms with van der Waals surface area (Å²) in [5.41, 5.74) is 0. The van der Waals surface area contributed by atoms with E-state index in [9.17, 15) is 18.0 Å². The Labute approximate surface area is 106 Å². The molecule has 1 aromatic heterocycles. The normalized spacial score (nSPS) is 19.2. The highest BCUT2D eigenvalue weighted by atomic mass is 19.4. The van der Waals surface area contributed by atoms with Crippen LogP contribution in [-0.2, 0) is 11.0 Å². The fourth-order valence-electron chi connectivity index (χ4n) is 1.69. The largest absolute Gasteiger partial charge is 0.451 e. The van der Waals surface area contributed by atoms with E-state index >= 15 is 0 Å². The lowest BCUT2D eigenvalue weighted by Crippen LogP contribution is -2.24. The summed E-state index contributed by atoms with van der Waals surface area (Å²) in [4.78, 5) is 17.8. The second-order valence-corrected chi connectivity index (χ2v) is 4.06. The Morgan fingerprint density at radius 2 is 2.05 bits per heavy atom. The van der Waals surface area contributed by atoms with E-state index in [-0.39, 0.29) is 30.0 Å². The number of carbonyl (C=O) groups is 1. The van der Waals surface area contributed by atoms with Crippen molar-refractivity contribution < 1.29 is 18.0 Å². The molecular formula is C10H12F3N5O. The average Bonchev–Trinajstić information content (AvgIpc) is 2.73. The van der Waals surface area contributed by atoms with E-state index in [2.05, 4.69) is 25.9 Å². The molecule has 3 N–H and O–H groups in total. The summed E-state index contributed by atoms with van der Waals surface area (Å²) in [6.45, 7) is 0.360. The van der Waals surface area contributed by atoms with E-state index in [0.717, 1.165) is 0 Å². The van der Waals surface area contributed by atoms with Crippen LogP contribution in [0.3, 0.4) is 0 Å². The first-order valence-corrected chi connectivity index (χ1v) is 5.56. The number of aromatic nitrogens is 2. The summed E-state index contributed by atoms with van der Waals surface area (Å²) in [5.74, 6) is -1.27. The first-order valence-electron chi connectivity index (χ1n) is 5.56. The van der Waals surface area contributed by atoms with Crippen LogP contribution >= 0.6 is 0 Å². The molecule has 6 nitrogen and oxygen atoms in total. The maximum absolute atomic E-state index is 12.6. The van der Waals surface area contributed by atoms with Crippen molar-refractivity contribution in [3.8, 4) is 0 Å². The zero-order valence-electron chi connectivity index (χ0n) is 10.0.